The van der Waals surface area contributed by atoms with Gasteiger partial charge < -0.3 is 10.2 Å². The summed E-state index contributed by atoms with van der Waals surface area (Å²) in [7, 11) is 0. The number of nitrogens with zero attached hydrogens (tertiary/aromatic N) is 1. The molecule has 0 bridgehead atoms. The summed E-state index contributed by atoms with van der Waals surface area (Å²) < 4.78 is 0. The summed E-state index contributed by atoms with van der Waals surface area (Å²) in [5.74, 6) is 0.777. The molecule has 0 aromatic heterocycles. The van der Waals surface area contributed by atoms with Gasteiger partial charge in [-0.05, 0) is 58.8 Å². The van der Waals surface area contributed by atoms with Crippen LogP contribution in [0.4, 0.5) is 0 Å². The van der Waals surface area contributed by atoms with Crippen LogP contribution < -0.4 is 5.32 Å². The molecule has 0 saturated heterocycles. The van der Waals surface area contributed by atoms with E-state index in [1.807, 2.05) is 0 Å². The van der Waals surface area contributed by atoms with Crippen LogP contribution in [0.3, 0.4) is 0 Å². The predicted octanol–water partition coefficient (Wildman–Crippen LogP) is 3.52. The molecule has 0 heterocycles. The zero-order chi connectivity index (χ0) is 13.1. The van der Waals surface area contributed by atoms with E-state index >= 15 is 0 Å². The van der Waals surface area contributed by atoms with E-state index in [4.69, 9.17) is 0 Å². The molecule has 0 saturated carbocycles. The van der Waals surface area contributed by atoms with Crippen LogP contribution in [0.1, 0.15) is 60.3 Å². The second kappa shape index (κ2) is 11.0. The number of rotatable bonds is 11. The molecule has 2 nitrogen and oxygen atoms in total. The molecule has 0 atom stereocenters. The molecule has 0 fully saturated rings. The Hall–Kier alpha value is -0.0800. The zero-order valence-electron chi connectivity index (χ0n) is 12.8. The van der Waals surface area contributed by atoms with Crippen LogP contribution in [0, 0.1) is 5.92 Å². The molecule has 0 unspecified atom stereocenters. The largest absolute Gasteiger partial charge is 0.316 e. The number of nitrogens with one attached hydrogen (secondary N) is 1. The van der Waals surface area contributed by atoms with Crippen molar-refractivity contribution in [3.63, 3.8) is 0 Å². The molecule has 0 rings (SSSR count). The Morgan fingerprint density at radius 3 is 2.12 bits per heavy atom. The fourth-order valence-electron chi connectivity index (χ4n) is 2.09. The lowest BCUT2D eigenvalue weighted by molar-refractivity contribution is 0.228. The minimum Gasteiger partial charge on any atom is -0.316 e. The second-order valence-corrected chi connectivity index (χ2v) is 5.73. The van der Waals surface area contributed by atoms with E-state index in [2.05, 4.69) is 44.8 Å². The average molecular weight is 242 g/mol. The Kier molecular flexibility index (Phi) is 11.0. The fraction of sp³-hybridized carbons (Fsp3) is 1.00. The first-order valence-corrected chi connectivity index (χ1v) is 7.52. The maximum Gasteiger partial charge on any atom is 0.00384 e. The lowest BCUT2D eigenvalue weighted by atomic mass is 10.1. The average Bonchev–Trinajstić information content (AvgIpc) is 2.26. The lowest BCUT2D eigenvalue weighted by Crippen LogP contribution is -2.31. The van der Waals surface area contributed by atoms with Crippen molar-refractivity contribution in [2.24, 2.45) is 5.92 Å². The van der Waals surface area contributed by atoms with E-state index in [1.54, 1.807) is 0 Å². The summed E-state index contributed by atoms with van der Waals surface area (Å²) in [6.45, 7) is 16.2. The second-order valence-electron chi connectivity index (χ2n) is 5.73. The molecular weight excluding hydrogens is 208 g/mol. The van der Waals surface area contributed by atoms with Crippen LogP contribution >= 0.6 is 0 Å². The van der Waals surface area contributed by atoms with Gasteiger partial charge in [0, 0.05) is 6.04 Å². The molecular formula is C15H34N2. The molecule has 104 valence electrons. The van der Waals surface area contributed by atoms with Gasteiger partial charge in [0.05, 0.1) is 0 Å². The Bertz CT molecular complexity index is 155. The Morgan fingerprint density at radius 2 is 1.59 bits per heavy atom. The van der Waals surface area contributed by atoms with Gasteiger partial charge in [-0.1, -0.05) is 33.6 Å². The van der Waals surface area contributed by atoms with Gasteiger partial charge >= 0.3 is 0 Å². The van der Waals surface area contributed by atoms with Crippen molar-refractivity contribution in [2.75, 3.05) is 26.2 Å². The maximum atomic E-state index is 3.50. The SMILES string of the molecule is CCN(CCCCCCNCC(C)C)C(C)C. The summed E-state index contributed by atoms with van der Waals surface area (Å²) >= 11 is 0. The molecule has 0 aliphatic rings. The first-order chi connectivity index (χ1) is 8.07. The maximum absolute atomic E-state index is 3.50. The minimum atomic E-state index is 0.702. The van der Waals surface area contributed by atoms with Gasteiger partial charge in [-0.3, -0.25) is 0 Å². The highest BCUT2D eigenvalue weighted by Crippen LogP contribution is 2.04. The Morgan fingerprint density at radius 1 is 0.941 bits per heavy atom. The van der Waals surface area contributed by atoms with Gasteiger partial charge in [-0.2, -0.15) is 0 Å². The van der Waals surface area contributed by atoms with E-state index in [-0.39, 0.29) is 0 Å². The van der Waals surface area contributed by atoms with Gasteiger partial charge in [-0.25, -0.2) is 0 Å². The Balaban J connectivity index is 3.23. The van der Waals surface area contributed by atoms with Crippen LogP contribution in [0.2, 0.25) is 0 Å². The third-order valence-electron chi connectivity index (χ3n) is 3.24. The molecule has 0 aliphatic carbocycles. The highest BCUT2D eigenvalue weighted by atomic mass is 15.1. The topological polar surface area (TPSA) is 15.3 Å². The molecule has 0 radical (unpaired) electrons. The summed E-state index contributed by atoms with van der Waals surface area (Å²) in [6.07, 6.45) is 5.45. The van der Waals surface area contributed by atoms with E-state index in [0.29, 0.717) is 6.04 Å². The third kappa shape index (κ3) is 10.8. The van der Waals surface area contributed by atoms with Crippen LogP contribution in [-0.2, 0) is 0 Å². The van der Waals surface area contributed by atoms with E-state index in [1.165, 1.54) is 45.3 Å². The van der Waals surface area contributed by atoms with Crippen molar-refractivity contribution in [3.8, 4) is 0 Å². The fourth-order valence-corrected chi connectivity index (χ4v) is 2.09. The lowest BCUT2D eigenvalue weighted by Gasteiger charge is -2.24. The zero-order valence-corrected chi connectivity index (χ0v) is 12.8. The van der Waals surface area contributed by atoms with Crippen molar-refractivity contribution in [1.29, 1.82) is 0 Å². The molecule has 0 aromatic rings. The van der Waals surface area contributed by atoms with Crippen molar-refractivity contribution in [2.45, 2.75) is 66.3 Å². The van der Waals surface area contributed by atoms with Gasteiger partial charge in [0.1, 0.15) is 0 Å². The third-order valence-corrected chi connectivity index (χ3v) is 3.24. The summed E-state index contributed by atoms with van der Waals surface area (Å²) in [4.78, 5) is 2.55. The van der Waals surface area contributed by atoms with Crippen LogP contribution in [0.25, 0.3) is 0 Å². The molecule has 1 N–H and O–H groups in total. The summed E-state index contributed by atoms with van der Waals surface area (Å²) in [5, 5.41) is 3.50. The standard InChI is InChI=1S/C15H34N2/c1-6-17(15(4)5)12-10-8-7-9-11-16-13-14(2)3/h14-16H,6-13H2,1-5H3. The van der Waals surface area contributed by atoms with Crippen molar-refractivity contribution in [3.05, 3.63) is 0 Å². The number of hydrogen-bond acceptors (Lipinski definition) is 2. The van der Waals surface area contributed by atoms with Crippen molar-refractivity contribution < 1.29 is 0 Å². The van der Waals surface area contributed by atoms with Gasteiger partial charge in [0.15, 0.2) is 0 Å². The first-order valence-electron chi connectivity index (χ1n) is 7.52. The number of hydrogen-bond donors (Lipinski definition) is 1. The summed E-state index contributed by atoms with van der Waals surface area (Å²) in [5.41, 5.74) is 0. The van der Waals surface area contributed by atoms with Crippen molar-refractivity contribution >= 4 is 0 Å². The van der Waals surface area contributed by atoms with Gasteiger partial charge in [0.25, 0.3) is 0 Å². The molecule has 0 aromatic carbocycles. The molecule has 0 amide bonds. The van der Waals surface area contributed by atoms with Gasteiger partial charge in [0.2, 0.25) is 0 Å². The predicted molar refractivity (Wildman–Crippen MR) is 78.6 cm³/mol. The Labute approximate surface area is 109 Å². The van der Waals surface area contributed by atoms with Crippen LogP contribution in [0.15, 0.2) is 0 Å². The molecule has 17 heavy (non-hydrogen) atoms. The van der Waals surface area contributed by atoms with Crippen molar-refractivity contribution in [1.82, 2.24) is 10.2 Å². The molecule has 0 spiro atoms. The highest BCUT2D eigenvalue weighted by Gasteiger charge is 2.05. The van der Waals surface area contributed by atoms with Crippen LogP contribution in [0.5, 0.6) is 0 Å². The summed E-state index contributed by atoms with van der Waals surface area (Å²) in [6, 6.07) is 0.702. The monoisotopic (exact) mass is 242 g/mol. The van der Waals surface area contributed by atoms with E-state index in [9.17, 15) is 0 Å². The highest BCUT2D eigenvalue weighted by molar-refractivity contribution is 4.60. The number of unbranched alkanes of at least 4 members (excludes halogenated alkanes) is 3. The quantitative estimate of drug-likeness (QED) is 0.558. The smallest absolute Gasteiger partial charge is 0.00384 e. The minimum absolute atomic E-state index is 0.702. The van der Waals surface area contributed by atoms with E-state index < -0.39 is 0 Å². The normalized spacial score (nSPS) is 12.0. The van der Waals surface area contributed by atoms with E-state index in [0.717, 1.165) is 12.5 Å². The van der Waals surface area contributed by atoms with Crippen LogP contribution in [-0.4, -0.2) is 37.1 Å². The first kappa shape index (κ1) is 16.9. The van der Waals surface area contributed by atoms with Gasteiger partial charge in [-0.15, -0.1) is 0 Å². The molecule has 0 aliphatic heterocycles. The molecule has 2 heteroatoms.